The Morgan fingerprint density at radius 2 is 1.79 bits per heavy atom. The van der Waals surface area contributed by atoms with E-state index in [-0.39, 0.29) is 11.8 Å². The Morgan fingerprint density at radius 3 is 2.43 bits per heavy atom. The number of hydrogen-bond acceptors (Lipinski definition) is 5. The molecule has 0 saturated carbocycles. The van der Waals surface area contributed by atoms with Crippen LogP contribution in [0.2, 0.25) is 0 Å². The summed E-state index contributed by atoms with van der Waals surface area (Å²) >= 11 is 0. The summed E-state index contributed by atoms with van der Waals surface area (Å²) in [5.74, 6) is 0.429. The Kier molecular flexibility index (Phi) is 6.60. The van der Waals surface area contributed by atoms with Crippen molar-refractivity contribution in [3.05, 3.63) is 53.7 Å². The smallest absolute Gasteiger partial charge is 0.259 e. The first-order valence-electron chi connectivity index (χ1n) is 9.62. The maximum absolute atomic E-state index is 12.8. The fourth-order valence-corrected chi connectivity index (χ4v) is 3.19. The molecule has 0 bridgehead atoms. The number of nitrogens with one attached hydrogen (secondary N) is 1. The highest BCUT2D eigenvalue weighted by Gasteiger charge is 2.20. The van der Waals surface area contributed by atoms with Gasteiger partial charge in [0.25, 0.3) is 11.8 Å². The van der Waals surface area contributed by atoms with Crippen LogP contribution in [0.15, 0.2) is 42.6 Å². The van der Waals surface area contributed by atoms with Crippen LogP contribution < -0.4 is 10.2 Å². The molecular formula is C21H26N4O3. The fraction of sp³-hybridized carbons (Fsp3) is 0.381. The summed E-state index contributed by atoms with van der Waals surface area (Å²) in [4.78, 5) is 33.4. The van der Waals surface area contributed by atoms with Gasteiger partial charge in [-0.15, -0.1) is 0 Å². The Hall–Kier alpha value is -2.93. The number of pyridine rings is 1. The lowest BCUT2D eigenvalue weighted by atomic mass is 10.1. The van der Waals surface area contributed by atoms with E-state index in [1.54, 1.807) is 47.5 Å². The van der Waals surface area contributed by atoms with Gasteiger partial charge in [0.1, 0.15) is 5.82 Å². The molecular weight excluding hydrogens is 356 g/mol. The number of rotatable bonds is 6. The Labute approximate surface area is 165 Å². The predicted molar refractivity (Wildman–Crippen MR) is 109 cm³/mol. The Balaban J connectivity index is 1.72. The highest BCUT2D eigenvalue weighted by atomic mass is 16.5. The minimum absolute atomic E-state index is 0.00950. The van der Waals surface area contributed by atoms with Crippen LogP contribution in [0.3, 0.4) is 0 Å². The topological polar surface area (TPSA) is 74.8 Å². The summed E-state index contributed by atoms with van der Waals surface area (Å²) in [5.41, 5.74) is 1.77. The van der Waals surface area contributed by atoms with E-state index in [0.29, 0.717) is 62.0 Å². The molecule has 1 aliphatic heterocycles. The summed E-state index contributed by atoms with van der Waals surface area (Å²) < 4.78 is 5.38. The zero-order valence-electron chi connectivity index (χ0n) is 16.4. The van der Waals surface area contributed by atoms with Gasteiger partial charge in [0.15, 0.2) is 0 Å². The van der Waals surface area contributed by atoms with E-state index in [2.05, 4.69) is 15.2 Å². The number of carbonyl (C=O) groups excluding carboxylic acids is 2. The third kappa shape index (κ3) is 4.48. The Bertz CT molecular complexity index is 813. The van der Waals surface area contributed by atoms with E-state index < -0.39 is 0 Å². The third-order valence-corrected chi connectivity index (χ3v) is 4.78. The van der Waals surface area contributed by atoms with Crippen molar-refractivity contribution in [2.24, 2.45) is 0 Å². The van der Waals surface area contributed by atoms with Crippen molar-refractivity contribution in [2.75, 3.05) is 49.6 Å². The molecule has 7 heteroatoms. The molecule has 2 aromatic rings. The highest BCUT2D eigenvalue weighted by Crippen LogP contribution is 2.20. The molecule has 0 aliphatic carbocycles. The number of ether oxygens (including phenoxy) is 1. The van der Waals surface area contributed by atoms with E-state index in [9.17, 15) is 9.59 Å². The van der Waals surface area contributed by atoms with Crippen LogP contribution in [-0.4, -0.2) is 61.1 Å². The molecule has 1 fully saturated rings. The van der Waals surface area contributed by atoms with Crippen molar-refractivity contribution in [1.29, 1.82) is 0 Å². The standard InChI is InChI=1S/C21H26N4O3/c1-3-24(4-2)21(27)16-7-9-17(10-8-16)23-20(26)18-6-5-11-22-19(18)25-12-14-28-15-13-25/h5-11H,3-4,12-15H2,1-2H3,(H,23,26). The lowest BCUT2D eigenvalue weighted by molar-refractivity contribution is 0.0773. The molecule has 2 heterocycles. The molecule has 2 amide bonds. The van der Waals surface area contributed by atoms with E-state index in [1.807, 2.05) is 13.8 Å². The van der Waals surface area contributed by atoms with Crippen LogP contribution in [-0.2, 0) is 4.74 Å². The van der Waals surface area contributed by atoms with Gasteiger partial charge in [-0.3, -0.25) is 9.59 Å². The number of carbonyl (C=O) groups is 2. The number of aromatic nitrogens is 1. The second-order valence-corrected chi connectivity index (χ2v) is 6.48. The number of anilines is 2. The second-order valence-electron chi connectivity index (χ2n) is 6.48. The minimum Gasteiger partial charge on any atom is -0.378 e. The van der Waals surface area contributed by atoms with Crippen LogP contribution in [0.1, 0.15) is 34.6 Å². The van der Waals surface area contributed by atoms with Crippen LogP contribution in [0.25, 0.3) is 0 Å². The van der Waals surface area contributed by atoms with E-state index >= 15 is 0 Å². The summed E-state index contributed by atoms with van der Waals surface area (Å²) in [7, 11) is 0. The number of benzene rings is 1. The van der Waals surface area contributed by atoms with Crippen molar-refractivity contribution in [3.8, 4) is 0 Å². The molecule has 1 aliphatic rings. The van der Waals surface area contributed by atoms with Crippen LogP contribution in [0.5, 0.6) is 0 Å². The number of morpholine rings is 1. The quantitative estimate of drug-likeness (QED) is 0.831. The molecule has 1 N–H and O–H groups in total. The van der Waals surface area contributed by atoms with Gasteiger partial charge < -0.3 is 19.9 Å². The lowest BCUT2D eigenvalue weighted by Crippen LogP contribution is -2.38. The zero-order valence-corrected chi connectivity index (χ0v) is 16.4. The summed E-state index contributed by atoms with van der Waals surface area (Å²) in [6.07, 6.45) is 1.69. The average Bonchev–Trinajstić information content (AvgIpc) is 2.75. The van der Waals surface area contributed by atoms with Crippen molar-refractivity contribution in [1.82, 2.24) is 9.88 Å². The first-order chi connectivity index (χ1) is 13.6. The van der Waals surface area contributed by atoms with Gasteiger partial charge in [0.05, 0.1) is 18.8 Å². The highest BCUT2D eigenvalue weighted by molar-refractivity contribution is 6.07. The van der Waals surface area contributed by atoms with Crippen molar-refractivity contribution >= 4 is 23.3 Å². The first-order valence-corrected chi connectivity index (χ1v) is 9.62. The van der Waals surface area contributed by atoms with Crippen LogP contribution in [0.4, 0.5) is 11.5 Å². The third-order valence-electron chi connectivity index (χ3n) is 4.78. The maximum Gasteiger partial charge on any atom is 0.259 e. The largest absolute Gasteiger partial charge is 0.378 e. The minimum atomic E-state index is -0.225. The summed E-state index contributed by atoms with van der Waals surface area (Å²) in [6, 6.07) is 10.5. The summed E-state index contributed by atoms with van der Waals surface area (Å²) in [6.45, 7) is 7.91. The first kappa shape index (κ1) is 19.8. The maximum atomic E-state index is 12.8. The second kappa shape index (κ2) is 9.32. The van der Waals surface area contributed by atoms with Crippen molar-refractivity contribution < 1.29 is 14.3 Å². The van der Waals surface area contributed by atoms with E-state index in [0.717, 1.165) is 0 Å². The molecule has 148 valence electrons. The molecule has 1 aromatic carbocycles. The van der Waals surface area contributed by atoms with Gasteiger partial charge in [-0.2, -0.15) is 0 Å². The lowest BCUT2D eigenvalue weighted by Gasteiger charge is -2.29. The molecule has 1 aromatic heterocycles. The van der Waals surface area contributed by atoms with Crippen molar-refractivity contribution in [2.45, 2.75) is 13.8 Å². The van der Waals surface area contributed by atoms with Gasteiger partial charge in [0, 0.05) is 43.6 Å². The zero-order chi connectivity index (χ0) is 19.9. The predicted octanol–water partition coefficient (Wildman–Crippen LogP) is 2.65. The van der Waals surface area contributed by atoms with Gasteiger partial charge in [-0.05, 0) is 50.2 Å². The van der Waals surface area contributed by atoms with Gasteiger partial charge in [-0.25, -0.2) is 4.98 Å². The van der Waals surface area contributed by atoms with Gasteiger partial charge >= 0.3 is 0 Å². The molecule has 0 atom stereocenters. The normalized spacial score (nSPS) is 13.9. The molecule has 0 spiro atoms. The monoisotopic (exact) mass is 382 g/mol. The number of amides is 2. The Morgan fingerprint density at radius 1 is 1.11 bits per heavy atom. The van der Waals surface area contributed by atoms with Gasteiger partial charge in [-0.1, -0.05) is 0 Å². The van der Waals surface area contributed by atoms with Gasteiger partial charge in [0.2, 0.25) is 0 Å². The van der Waals surface area contributed by atoms with E-state index in [4.69, 9.17) is 4.74 Å². The van der Waals surface area contributed by atoms with Crippen molar-refractivity contribution in [3.63, 3.8) is 0 Å². The SMILES string of the molecule is CCN(CC)C(=O)c1ccc(NC(=O)c2cccnc2N2CCOCC2)cc1. The molecule has 28 heavy (non-hydrogen) atoms. The van der Waals surface area contributed by atoms with E-state index in [1.165, 1.54) is 0 Å². The number of nitrogens with zero attached hydrogens (tertiary/aromatic N) is 3. The molecule has 7 nitrogen and oxygen atoms in total. The van der Waals surface area contributed by atoms with Crippen LogP contribution >= 0.6 is 0 Å². The molecule has 1 saturated heterocycles. The average molecular weight is 382 g/mol. The number of hydrogen-bond donors (Lipinski definition) is 1. The summed E-state index contributed by atoms with van der Waals surface area (Å²) in [5, 5.41) is 2.90. The molecule has 3 rings (SSSR count). The fourth-order valence-electron chi connectivity index (χ4n) is 3.19. The molecule has 0 radical (unpaired) electrons. The molecule has 0 unspecified atom stereocenters. The van der Waals surface area contributed by atoms with Crippen LogP contribution in [0, 0.1) is 0 Å².